The van der Waals surface area contributed by atoms with E-state index in [4.69, 9.17) is 32.7 Å². The molecule has 2 heterocycles. The third-order valence-corrected chi connectivity index (χ3v) is 11.1. The highest BCUT2D eigenvalue weighted by atomic mass is 35.5. The van der Waals surface area contributed by atoms with Gasteiger partial charge in [0.05, 0.1) is 22.2 Å². The minimum Gasteiger partial charge on any atom is -0.489 e. The largest absolute Gasteiger partial charge is 0.489 e. The maximum atomic E-state index is 13.8. The van der Waals surface area contributed by atoms with E-state index in [1.807, 2.05) is 6.07 Å². The number of aromatic nitrogens is 1. The van der Waals surface area contributed by atoms with Crippen molar-refractivity contribution in [3.8, 4) is 17.6 Å². The molecule has 15 heteroatoms. The first-order valence-corrected chi connectivity index (χ1v) is 17.1. The lowest BCUT2D eigenvalue weighted by Gasteiger charge is -2.26. The second-order valence-corrected chi connectivity index (χ2v) is 14.4. The van der Waals surface area contributed by atoms with Crippen molar-refractivity contribution in [3.63, 3.8) is 0 Å². The molecule has 3 aromatic rings. The van der Waals surface area contributed by atoms with Crippen molar-refractivity contribution in [2.24, 2.45) is 5.92 Å². The molecule has 2 aliphatic rings. The van der Waals surface area contributed by atoms with Crippen molar-refractivity contribution < 1.29 is 36.2 Å². The molecule has 238 valence electrons. The Morgan fingerprint density at radius 3 is 2.56 bits per heavy atom. The number of hydrogen-bond acceptors (Lipinski definition) is 9. The first kappa shape index (κ1) is 33.2. The van der Waals surface area contributed by atoms with Crippen molar-refractivity contribution in [3.05, 3.63) is 81.1 Å². The second-order valence-electron chi connectivity index (χ2n) is 10.5. The molecule has 1 saturated heterocycles. The molecule has 1 aromatic heterocycles. The summed E-state index contributed by atoms with van der Waals surface area (Å²) in [6.07, 6.45) is 3.52. The number of benzene rings is 2. The zero-order valence-corrected chi connectivity index (χ0v) is 26.9. The number of nitriles is 1. The summed E-state index contributed by atoms with van der Waals surface area (Å²) in [4.78, 5) is 17.5. The fraction of sp³-hybridized carbons (Fsp3) is 0.367. The summed E-state index contributed by atoms with van der Waals surface area (Å²) in [5, 5.41) is 8.71. The van der Waals surface area contributed by atoms with Crippen LogP contribution >= 0.6 is 35.0 Å². The maximum Gasteiger partial charge on any atom is 0.387 e. The number of aryl methyl sites for hydroxylation is 1. The van der Waals surface area contributed by atoms with Gasteiger partial charge in [0.25, 0.3) is 0 Å². The van der Waals surface area contributed by atoms with E-state index in [1.54, 1.807) is 13.0 Å². The molecule has 1 saturated carbocycles. The van der Waals surface area contributed by atoms with E-state index in [-0.39, 0.29) is 45.0 Å². The molecule has 0 bridgehead atoms. The Morgan fingerprint density at radius 2 is 1.89 bits per heavy atom. The van der Waals surface area contributed by atoms with Gasteiger partial charge in [0.1, 0.15) is 17.1 Å². The van der Waals surface area contributed by atoms with Gasteiger partial charge in [-0.05, 0) is 66.6 Å². The van der Waals surface area contributed by atoms with Gasteiger partial charge in [0, 0.05) is 31.1 Å². The average Bonchev–Trinajstić information content (AvgIpc) is 3.69. The first-order valence-electron chi connectivity index (χ1n) is 13.8. The Bertz CT molecular complexity index is 1720. The summed E-state index contributed by atoms with van der Waals surface area (Å²) in [5.41, 5.74) is 1.34. The Labute approximate surface area is 273 Å². The number of sulfonamides is 1. The molecule has 1 aliphatic carbocycles. The fourth-order valence-corrected chi connectivity index (χ4v) is 8.51. The standard InChI is InChI=1S/C30H27Cl2F2N3O6S2/c1-17-2-5-20(13-35)27(10-17)45(39,40)37-8-9-44-28(37)29(38)42-25(12-21-22(31)14-36-15-23(21)32)19-6-7-24(43-30(33)34)26(11-19)41-16-18-3-4-18/h2,5-7,10-11,14-15,18,25,28,30H,3-4,8-9,12,16H2,1H3/t25-,28-/m0/s1. The van der Waals surface area contributed by atoms with Crippen LogP contribution < -0.4 is 9.47 Å². The van der Waals surface area contributed by atoms with E-state index in [0.717, 1.165) is 28.9 Å². The van der Waals surface area contributed by atoms with Crippen LogP contribution in [-0.4, -0.2) is 54.6 Å². The van der Waals surface area contributed by atoms with E-state index in [1.165, 1.54) is 42.7 Å². The third kappa shape index (κ3) is 7.81. The van der Waals surface area contributed by atoms with Crippen LogP contribution in [-0.2, 0) is 26.0 Å². The quantitative estimate of drug-likeness (QED) is 0.194. The van der Waals surface area contributed by atoms with E-state index in [2.05, 4.69) is 9.72 Å². The summed E-state index contributed by atoms with van der Waals surface area (Å²) in [5.74, 6) is -0.409. The van der Waals surface area contributed by atoms with Gasteiger partial charge < -0.3 is 14.2 Å². The summed E-state index contributed by atoms with van der Waals surface area (Å²) >= 11 is 13.9. The Morgan fingerprint density at radius 1 is 1.16 bits per heavy atom. The predicted molar refractivity (Wildman–Crippen MR) is 164 cm³/mol. The number of esters is 1. The number of rotatable bonds is 12. The first-order chi connectivity index (χ1) is 21.5. The van der Waals surface area contributed by atoms with E-state index in [0.29, 0.717) is 35.0 Å². The zero-order chi connectivity index (χ0) is 32.3. The van der Waals surface area contributed by atoms with Gasteiger partial charge in [0.2, 0.25) is 10.0 Å². The van der Waals surface area contributed by atoms with Crippen molar-refractivity contribution in [2.75, 3.05) is 18.9 Å². The molecule has 1 aliphatic heterocycles. The molecule has 0 spiro atoms. The molecule has 0 N–H and O–H groups in total. The summed E-state index contributed by atoms with van der Waals surface area (Å²) < 4.78 is 71.3. The number of carbonyl (C=O) groups is 1. The van der Waals surface area contributed by atoms with Gasteiger partial charge >= 0.3 is 12.6 Å². The number of nitrogens with zero attached hydrogens (tertiary/aromatic N) is 3. The molecule has 9 nitrogen and oxygen atoms in total. The van der Waals surface area contributed by atoms with Crippen LogP contribution in [0.4, 0.5) is 8.78 Å². The highest BCUT2D eigenvalue weighted by Gasteiger charge is 2.43. The maximum absolute atomic E-state index is 13.8. The van der Waals surface area contributed by atoms with Crippen LogP contribution in [0.15, 0.2) is 53.7 Å². The Kier molecular flexibility index (Phi) is 10.4. The fourth-order valence-electron chi connectivity index (χ4n) is 4.72. The molecule has 5 rings (SSSR count). The lowest BCUT2D eigenvalue weighted by atomic mass is 10.0. The van der Waals surface area contributed by atoms with Gasteiger partial charge in [-0.1, -0.05) is 35.3 Å². The number of thioether (sulfide) groups is 1. The second kappa shape index (κ2) is 14.1. The van der Waals surface area contributed by atoms with E-state index in [9.17, 15) is 27.3 Å². The molecule has 45 heavy (non-hydrogen) atoms. The average molecular weight is 699 g/mol. The van der Waals surface area contributed by atoms with Crippen LogP contribution in [0.1, 0.15) is 41.2 Å². The summed E-state index contributed by atoms with van der Waals surface area (Å²) in [6.45, 7) is -1.09. The van der Waals surface area contributed by atoms with Crippen molar-refractivity contribution in [1.29, 1.82) is 5.26 Å². The summed E-state index contributed by atoms with van der Waals surface area (Å²) in [7, 11) is -4.27. The summed E-state index contributed by atoms with van der Waals surface area (Å²) in [6, 6.07) is 10.5. The normalized spacial score (nSPS) is 17.6. The highest BCUT2D eigenvalue weighted by molar-refractivity contribution is 8.02. The lowest BCUT2D eigenvalue weighted by molar-refractivity contribution is -0.150. The molecule has 0 amide bonds. The minimum atomic E-state index is -4.27. The minimum absolute atomic E-state index is 0.0110. The van der Waals surface area contributed by atoms with Crippen molar-refractivity contribution in [2.45, 2.75) is 49.2 Å². The lowest BCUT2D eigenvalue weighted by Crippen LogP contribution is -2.41. The van der Waals surface area contributed by atoms with Crippen LogP contribution in [0.3, 0.4) is 0 Å². The molecule has 2 aromatic carbocycles. The van der Waals surface area contributed by atoms with Gasteiger partial charge in [-0.2, -0.15) is 18.3 Å². The molecule has 2 fully saturated rings. The number of halogens is 4. The van der Waals surface area contributed by atoms with Gasteiger partial charge in [0.15, 0.2) is 16.9 Å². The topological polar surface area (TPSA) is 119 Å². The number of ether oxygens (including phenoxy) is 3. The molecule has 0 unspecified atom stereocenters. The van der Waals surface area contributed by atoms with Crippen LogP contribution in [0.25, 0.3) is 0 Å². The van der Waals surface area contributed by atoms with Gasteiger partial charge in [-0.3, -0.25) is 4.98 Å². The van der Waals surface area contributed by atoms with Gasteiger partial charge in [-0.25, -0.2) is 13.2 Å². The van der Waals surface area contributed by atoms with Crippen molar-refractivity contribution >= 4 is 51.0 Å². The molecular formula is C30H27Cl2F2N3O6S2. The Balaban J connectivity index is 1.48. The predicted octanol–water partition coefficient (Wildman–Crippen LogP) is 6.55. The van der Waals surface area contributed by atoms with E-state index >= 15 is 0 Å². The molecule has 2 atom stereocenters. The molecular weight excluding hydrogens is 671 g/mol. The van der Waals surface area contributed by atoms with Crippen molar-refractivity contribution in [1.82, 2.24) is 9.29 Å². The smallest absolute Gasteiger partial charge is 0.387 e. The molecule has 0 radical (unpaired) electrons. The highest BCUT2D eigenvalue weighted by Crippen LogP contribution is 2.39. The Hall–Kier alpha value is -3.15. The number of alkyl halides is 2. The van der Waals surface area contributed by atoms with Crippen LogP contribution in [0.5, 0.6) is 11.5 Å². The van der Waals surface area contributed by atoms with Crippen LogP contribution in [0.2, 0.25) is 10.0 Å². The monoisotopic (exact) mass is 697 g/mol. The number of pyridine rings is 1. The zero-order valence-electron chi connectivity index (χ0n) is 23.8. The van der Waals surface area contributed by atoms with Gasteiger partial charge in [-0.15, -0.1) is 11.8 Å². The number of hydrogen-bond donors (Lipinski definition) is 0. The van der Waals surface area contributed by atoms with E-state index < -0.39 is 34.1 Å². The van der Waals surface area contributed by atoms with Crippen LogP contribution in [0, 0.1) is 24.2 Å². The SMILES string of the molecule is Cc1ccc(C#N)c(S(=O)(=O)N2CCS[C@H]2C(=O)O[C@@H](Cc2c(Cl)cncc2Cl)c2ccc(OC(F)F)c(OCC3CC3)c2)c1. The third-order valence-electron chi connectivity index (χ3n) is 7.22. The number of carbonyl (C=O) groups excluding carboxylic acids is 1.